The first-order valence-corrected chi connectivity index (χ1v) is 9.49. The number of nitrogens with two attached hydrogens (primary N) is 1. The van der Waals surface area contributed by atoms with Gasteiger partial charge in [0.2, 0.25) is 0 Å². The van der Waals surface area contributed by atoms with Crippen LogP contribution in [0.15, 0.2) is 24.3 Å². The normalized spacial score (nSPS) is 12.4. The Hall–Kier alpha value is -2.81. The van der Waals surface area contributed by atoms with Crippen molar-refractivity contribution in [2.75, 3.05) is 31.6 Å². The molecule has 7 N–H and O–H groups in total. The van der Waals surface area contributed by atoms with Gasteiger partial charge in [-0.2, -0.15) is 5.10 Å². The van der Waals surface area contributed by atoms with Crippen molar-refractivity contribution in [3.05, 3.63) is 41.1 Å². The van der Waals surface area contributed by atoms with E-state index in [1.807, 2.05) is 12.1 Å². The fourth-order valence-corrected chi connectivity index (χ4v) is 3.78. The first-order valence-electron chi connectivity index (χ1n) is 9.49. The molecule has 2 aromatic carbocycles. The van der Waals surface area contributed by atoms with Crippen molar-refractivity contribution in [1.82, 2.24) is 15.1 Å². The largest absolute Gasteiger partial charge is 0.508 e. The molecule has 1 aliphatic heterocycles. The van der Waals surface area contributed by atoms with Gasteiger partial charge >= 0.3 is 0 Å². The second kappa shape index (κ2) is 7.67. The summed E-state index contributed by atoms with van der Waals surface area (Å²) < 4.78 is 1.72. The van der Waals surface area contributed by atoms with Gasteiger partial charge < -0.3 is 31.7 Å². The van der Waals surface area contributed by atoms with E-state index in [2.05, 4.69) is 10.6 Å². The van der Waals surface area contributed by atoms with E-state index in [0.717, 1.165) is 40.8 Å². The van der Waals surface area contributed by atoms with Crippen LogP contribution in [-0.2, 0) is 13.0 Å². The Kier molecular flexibility index (Phi) is 5.08. The minimum atomic E-state index is 0.0522. The summed E-state index contributed by atoms with van der Waals surface area (Å²) in [5.74, 6) is 0.220. The summed E-state index contributed by atoms with van der Waals surface area (Å²) in [4.78, 5) is 0. The highest BCUT2D eigenvalue weighted by Crippen LogP contribution is 2.43. The van der Waals surface area contributed by atoms with Gasteiger partial charge in [-0.05, 0) is 37.2 Å². The van der Waals surface area contributed by atoms with E-state index >= 15 is 0 Å². The average molecular weight is 383 g/mol. The SMILES string of the molecule is NCCCNc1ccc2c(CNCCO)nn3c2c1Cc1c(O)ccc(O)c1-3. The minimum absolute atomic E-state index is 0.0522. The number of phenols is 2. The van der Waals surface area contributed by atoms with Crippen LogP contribution < -0.4 is 16.4 Å². The molecule has 0 atom stereocenters. The first-order chi connectivity index (χ1) is 13.7. The molecule has 0 saturated heterocycles. The lowest BCUT2D eigenvalue weighted by Crippen LogP contribution is -2.18. The molecule has 3 aromatic rings. The van der Waals surface area contributed by atoms with Gasteiger partial charge in [0, 0.05) is 48.3 Å². The monoisotopic (exact) mass is 383 g/mol. The van der Waals surface area contributed by atoms with Crippen LogP contribution in [0.5, 0.6) is 11.5 Å². The summed E-state index contributed by atoms with van der Waals surface area (Å²) in [6.07, 6.45) is 1.35. The lowest BCUT2D eigenvalue weighted by molar-refractivity contribution is 0.291. The van der Waals surface area contributed by atoms with Crippen molar-refractivity contribution >= 4 is 16.6 Å². The van der Waals surface area contributed by atoms with Gasteiger partial charge in [-0.15, -0.1) is 0 Å². The number of nitrogens with one attached hydrogen (secondary N) is 2. The molecule has 0 saturated carbocycles. The molecular formula is C20H25N5O3. The summed E-state index contributed by atoms with van der Waals surface area (Å²) >= 11 is 0. The van der Waals surface area contributed by atoms with Crippen LogP contribution in [-0.4, -0.2) is 51.3 Å². The van der Waals surface area contributed by atoms with E-state index in [4.69, 9.17) is 15.9 Å². The molecule has 0 radical (unpaired) electrons. The third-order valence-electron chi connectivity index (χ3n) is 5.11. The van der Waals surface area contributed by atoms with E-state index in [1.54, 1.807) is 4.68 Å². The number of benzene rings is 2. The number of aliphatic hydroxyl groups is 1. The van der Waals surface area contributed by atoms with E-state index < -0.39 is 0 Å². The van der Waals surface area contributed by atoms with Crippen LogP contribution in [0.3, 0.4) is 0 Å². The molecule has 4 rings (SSSR count). The van der Waals surface area contributed by atoms with E-state index in [-0.39, 0.29) is 18.1 Å². The standard InChI is InChI=1S/C20H25N5O3/c21-6-1-7-23-15-3-2-12-16(11-22-8-9-26)24-25-19(12)13(15)10-14-17(27)4-5-18(28)20(14)25/h2-5,22-23,26-28H,1,6-11,21H2. The molecule has 0 aliphatic carbocycles. The van der Waals surface area contributed by atoms with E-state index in [0.29, 0.717) is 37.3 Å². The highest BCUT2D eigenvalue weighted by molar-refractivity contribution is 5.93. The first kappa shape index (κ1) is 18.5. The molecule has 148 valence electrons. The molecule has 1 aromatic heterocycles. The van der Waals surface area contributed by atoms with Gasteiger partial charge in [-0.1, -0.05) is 0 Å². The smallest absolute Gasteiger partial charge is 0.141 e. The second-order valence-electron chi connectivity index (χ2n) is 6.92. The summed E-state index contributed by atoms with van der Waals surface area (Å²) in [5.41, 5.74) is 10.5. The van der Waals surface area contributed by atoms with Gasteiger partial charge in [-0.3, -0.25) is 0 Å². The predicted molar refractivity (Wildman–Crippen MR) is 108 cm³/mol. The quantitative estimate of drug-likeness (QED) is 0.199. The minimum Gasteiger partial charge on any atom is -0.508 e. The zero-order chi connectivity index (χ0) is 19.7. The summed E-state index contributed by atoms with van der Waals surface area (Å²) in [5, 5.41) is 42.2. The number of hydrogen-bond donors (Lipinski definition) is 6. The van der Waals surface area contributed by atoms with Gasteiger partial charge in [0.1, 0.15) is 17.2 Å². The van der Waals surface area contributed by atoms with Gasteiger partial charge in [0.25, 0.3) is 0 Å². The maximum absolute atomic E-state index is 10.5. The summed E-state index contributed by atoms with van der Waals surface area (Å²) in [6, 6.07) is 7.04. The molecule has 1 aliphatic rings. The predicted octanol–water partition coefficient (Wildman–Crippen LogP) is 1.18. The summed E-state index contributed by atoms with van der Waals surface area (Å²) in [7, 11) is 0. The van der Waals surface area contributed by atoms with Crippen LogP contribution in [0.2, 0.25) is 0 Å². The number of anilines is 1. The number of phenolic OH excluding ortho intramolecular Hbond substituents is 2. The van der Waals surface area contributed by atoms with Crippen LogP contribution in [0, 0.1) is 0 Å². The Morgan fingerprint density at radius 3 is 2.68 bits per heavy atom. The Bertz CT molecular complexity index is 1010. The number of fused-ring (bicyclic) bond motifs is 2. The van der Waals surface area contributed by atoms with Crippen LogP contribution in [0.25, 0.3) is 16.6 Å². The molecule has 8 nitrogen and oxygen atoms in total. The number of rotatable bonds is 8. The fourth-order valence-electron chi connectivity index (χ4n) is 3.78. The molecule has 0 fully saturated rings. The number of aromatic hydroxyl groups is 2. The number of nitrogens with zero attached hydrogens (tertiary/aromatic N) is 2. The Morgan fingerprint density at radius 1 is 1.07 bits per heavy atom. The molecule has 0 unspecified atom stereocenters. The third-order valence-corrected chi connectivity index (χ3v) is 5.11. The zero-order valence-corrected chi connectivity index (χ0v) is 15.6. The van der Waals surface area contributed by atoms with Gasteiger partial charge in [-0.25, -0.2) is 4.68 Å². The van der Waals surface area contributed by atoms with Gasteiger partial charge in [0.15, 0.2) is 0 Å². The third kappa shape index (κ3) is 3.05. The number of aliphatic hydroxyl groups excluding tert-OH is 1. The van der Waals surface area contributed by atoms with Crippen molar-refractivity contribution in [1.29, 1.82) is 0 Å². The van der Waals surface area contributed by atoms with Crippen LogP contribution >= 0.6 is 0 Å². The molecule has 28 heavy (non-hydrogen) atoms. The highest BCUT2D eigenvalue weighted by Gasteiger charge is 2.28. The Labute approximate surface area is 162 Å². The van der Waals surface area contributed by atoms with Crippen molar-refractivity contribution in [3.8, 4) is 17.2 Å². The molecule has 2 heterocycles. The van der Waals surface area contributed by atoms with Crippen LogP contribution in [0.1, 0.15) is 23.2 Å². The average Bonchev–Trinajstić information content (AvgIpc) is 3.06. The number of aromatic nitrogens is 2. The second-order valence-corrected chi connectivity index (χ2v) is 6.92. The fraction of sp³-hybridized carbons (Fsp3) is 0.350. The zero-order valence-electron chi connectivity index (χ0n) is 15.6. The van der Waals surface area contributed by atoms with Crippen molar-refractivity contribution < 1.29 is 15.3 Å². The maximum Gasteiger partial charge on any atom is 0.141 e. The Balaban J connectivity index is 1.88. The van der Waals surface area contributed by atoms with E-state index in [9.17, 15) is 10.2 Å². The van der Waals surface area contributed by atoms with Crippen molar-refractivity contribution in [3.63, 3.8) is 0 Å². The molecule has 0 bridgehead atoms. The lowest BCUT2D eigenvalue weighted by atomic mass is 9.94. The van der Waals surface area contributed by atoms with Crippen LogP contribution in [0.4, 0.5) is 5.69 Å². The van der Waals surface area contributed by atoms with Gasteiger partial charge in [0.05, 0.1) is 17.8 Å². The molecule has 8 heteroatoms. The maximum atomic E-state index is 10.5. The summed E-state index contributed by atoms with van der Waals surface area (Å²) in [6.45, 7) is 2.39. The lowest BCUT2D eigenvalue weighted by Gasteiger charge is -2.23. The molecular weight excluding hydrogens is 358 g/mol. The van der Waals surface area contributed by atoms with Crippen molar-refractivity contribution in [2.45, 2.75) is 19.4 Å². The molecule has 0 amide bonds. The topological polar surface area (TPSA) is 129 Å². The van der Waals surface area contributed by atoms with Crippen molar-refractivity contribution in [2.24, 2.45) is 5.73 Å². The van der Waals surface area contributed by atoms with E-state index in [1.165, 1.54) is 12.1 Å². The highest BCUT2D eigenvalue weighted by atomic mass is 16.3. The molecule has 0 spiro atoms. The Morgan fingerprint density at radius 2 is 1.89 bits per heavy atom. The number of hydrogen-bond acceptors (Lipinski definition) is 7.